The van der Waals surface area contributed by atoms with E-state index in [4.69, 9.17) is 25.7 Å². The average molecular weight is 708 g/mol. The predicted molar refractivity (Wildman–Crippen MR) is 190 cm³/mol. The van der Waals surface area contributed by atoms with Gasteiger partial charge in [-0.05, 0) is 95.5 Å². The minimum atomic E-state index is -0.721. The molecule has 0 saturated carbocycles. The summed E-state index contributed by atoms with van der Waals surface area (Å²) in [6.07, 6.45) is 7.07. The molecule has 3 amide bonds. The van der Waals surface area contributed by atoms with Crippen molar-refractivity contribution < 1.29 is 33.4 Å². The first-order chi connectivity index (χ1) is 24.4. The smallest absolute Gasteiger partial charge is 0.415 e. The Morgan fingerprint density at radius 3 is 2.73 bits per heavy atom. The van der Waals surface area contributed by atoms with Crippen LogP contribution in [0.25, 0.3) is 0 Å². The lowest BCUT2D eigenvalue weighted by Gasteiger charge is -2.56. The van der Waals surface area contributed by atoms with Gasteiger partial charge in [0.2, 0.25) is 11.8 Å². The van der Waals surface area contributed by atoms with Crippen LogP contribution in [0.3, 0.4) is 0 Å². The van der Waals surface area contributed by atoms with Crippen LogP contribution in [0.2, 0.25) is 0 Å². The van der Waals surface area contributed by atoms with Gasteiger partial charge in [-0.3, -0.25) is 19.4 Å². The third-order valence-electron chi connectivity index (χ3n) is 11.7. The van der Waals surface area contributed by atoms with Gasteiger partial charge in [-0.2, -0.15) is 0 Å². The molecular weight excluding hydrogens is 654 g/mol. The Labute approximate surface area is 299 Å². The van der Waals surface area contributed by atoms with Crippen molar-refractivity contribution in [3.63, 3.8) is 0 Å². The van der Waals surface area contributed by atoms with Gasteiger partial charge < -0.3 is 46.1 Å². The molecule has 14 nitrogen and oxygen atoms in total. The second-order valence-electron chi connectivity index (χ2n) is 14.8. The lowest BCUT2D eigenvalue weighted by molar-refractivity contribution is -0.131. The van der Waals surface area contributed by atoms with Gasteiger partial charge in [-0.1, -0.05) is 6.07 Å². The van der Waals surface area contributed by atoms with Crippen LogP contribution in [0, 0.1) is 11.8 Å². The van der Waals surface area contributed by atoms with E-state index < -0.39 is 24.2 Å². The summed E-state index contributed by atoms with van der Waals surface area (Å²) in [5, 5.41) is 5.61. The maximum absolute atomic E-state index is 14.0. The van der Waals surface area contributed by atoms with Crippen LogP contribution in [0.15, 0.2) is 29.0 Å². The molecule has 1 spiro atoms. The van der Waals surface area contributed by atoms with Crippen LogP contribution < -0.4 is 31.6 Å². The summed E-state index contributed by atoms with van der Waals surface area (Å²) in [5.74, 6) is 0.811. The van der Waals surface area contributed by atoms with E-state index in [2.05, 4.69) is 33.6 Å². The number of amides is 3. The van der Waals surface area contributed by atoms with Crippen molar-refractivity contribution >= 4 is 29.7 Å². The summed E-state index contributed by atoms with van der Waals surface area (Å²) >= 11 is 0. The fraction of sp³-hybridized carbons (Fsp3) is 0.649. The Bertz CT molecular complexity index is 1590. The highest BCUT2D eigenvalue weighted by atomic mass is 16.6. The minimum Gasteiger partial charge on any atom is -0.493 e. The fourth-order valence-corrected chi connectivity index (χ4v) is 9.22. The summed E-state index contributed by atoms with van der Waals surface area (Å²) < 4.78 is 18.8. The van der Waals surface area contributed by atoms with E-state index >= 15 is 0 Å². The Balaban J connectivity index is 1.14. The molecule has 1 aromatic rings. The van der Waals surface area contributed by atoms with E-state index in [0.717, 1.165) is 44.4 Å². The Morgan fingerprint density at radius 2 is 1.98 bits per heavy atom. The third-order valence-corrected chi connectivity index (χ3v) is 11.7. The normalized spacial score (nSPS) is 27.1. The lowest BCUT2D eigenvalue weighted by Crippen LogP contribution is -2.63. The van der Waals surface area contributed by atoms with Crippen molar-refractivity contribution in [2.75, 3.05) is 40.3 Å². The number of nitrogens with two attached hydrogens (primary N) is 2. The van der Waals surface area contributed by atoms with Crippen LogP contribution in [0.5, 0.6) is 11.5 Å². The van der Waals surface area contributed by atoms with Gasteiger partial charge in [0.25, 0.3) is 0 Å². The molecule has 51 heavy (non-hydrogen) atoms. The molecule has 6 rings (SSSR count). The molecule has 14 heteroatoms. The number of carbonyl (C=O) groups excluding carboxylic acids is 4. The number of nitrogens with zero attached hydrogens (tertiary/aromatic N) is 3. The number of Topliss-reactive ketones (excluding diaryl/α,β-unsaturated/α-hetero) is 1. The molecule has 5 aliphatic rings. The molecule has 0 aromatic heterocycles. The number of hydrogen-bond donors (Lipinski definition) is 4. The highest BCUT2D eigenvalue weighted by molar-refractivity contribution is 5.91. The number of nitrogens with one attached hydrogen (secondary N) is 2. The first kappa shape index (κ1) is 36.5. The zero-order chi connectivity index (χ0) is 36.4. The SMILES string of the molecule is COc1ccc2c3c1O[C@H]1C(OC(=O)N4CCCC[C@@H]4CNC(=O)[C@H](CCCN=C(N)N)CC(=O)[C@H](C)NC(C)=O)=CC[C@H]4[C@@H](C2)N(C)CC[C@]314. The molecule has 3 aliphatic heterocycles. The maximum atomic E-state index is 14.0. The molecule has 2 bridgehead atoms. The van der Waals surface area contributed by atoms with Crippen LogP contribution in [0.1, 0.15) is 76.3 Å². The molecule has 3 heterocycles. The maximum Gasteiger partial charge on any atom is 0.415 e. The third kappa shape index (κ3) is 7.11. The number of carbonyl (C=O) groups is 4. The van der Waals surface area contributed by atoms with Gasteiger partial charge in [0.15, 0.2) is 29.3 Å². The van der Waals surface area contributed by atoms with Crippen molar-refractivity contribution in [2.45, 2.75) is 101 Å². The molecule has 2 saturated heterocycles. The van der Waals surface area contributed by atoms with Crippen molar-refractivity contribution in [3.8, 4) is 11.5 Å². The molecule has 2 fully saturated rings. The number of likely N-dealkylation sites (N-methyl/N-ethyl adjacent to an activating group) is 1. The number of methoxy groups -OCH3 is 1. The topological polar surface area (TPSA) is 191 Å². The van der Waals surface area contributed by atoms with E-state index in [1.165, 1.54) is 18.1 Å². The molecule has 2 aliphatic carbocycles. The van der Waals surface area contributed by atoms with Crippen LogP contribution in [-0.2, 0) is 31.0 Å². The quantitative estimate of drug-likeness (QED) is 0.134. The number of aliphatic imine (C=N–C) groups is 1. The monoisotopic (exact) mass is 707 g/mol. The van der Waals surface area contributed by atoms with Gasteiger partial charge in [0.05, 0.1) is 19.2 Å². The Hall–Kier alpha value is -4.33. The van der Waals surface area contributed by atoms with Crippen molar-refractivity contribution in [1.29, 1.82) is 0 Å². The molecule has 7 atom stereocenters. The van der Waals surface area contributed by atoms with E-state index in [1.807, 2.05) is 12.1 Å². The number of guanidine groups is 1. The largest absolute Gasteiger partial charge is 0.493 e. The number of hydrogen-bond acceptors (Lipinski definition) is 9. The number of benzene rings is 1. The molecule has 0 radical (unpaired) electrons. The van der Waals surface area contributed by atoms with Crippen LogP contribution in [-0.4, -0.2) is 104 Å². The summed E-state index contributed by atoms with van der Waals surface area (Å²) in [4.78, 5) is 60.2. The van der Waals surface area contributed by atoms with Gasteiger partial charge >= 0.3 is 6.09 Å². The van der Waals surface area contributed by atoms with Gasteiger partial charge in [0.1, 0.15) is 5.76 Å². The van der Waals surface area contributed by atoms with E-state index in [-0.39, 0.29) is 48.0 Å². The van der Waals surface area contributed by atoms with Crippen molar-refractivity contribution in [3.05, 3.63) is 35.1 Å². The van der Waals surface area contributed by atoms with E-state index in [1.54, 1.807) is 18.9 Å². The number of ether oxygens (including phenoxy) is 3. The molecular formula is C37H53N7O7. The first-order valence-electron chi connectivity index (χ1n) is 18.3. The molecule has 6 N–H and O–H groups in total. The number of allylic oxidation sites excluding steroid dienone is 1. The average Bonchev–Trinajstić information content (AvgIpc) is 3.46. The number of likely N-dealkylation sites (tertiary alicyclic amines) is 2. The zero-order valence-corrected chi connectivity index (χ0v) is 30.2. The molecule has 1 aromatic carbocycles. The minimum absolute atomic E-state index is 0.0399. The van der Waals surface area contributed by atoms with Crippen molar-refractivity contribution in [1.82, 2.24) is 20.4 Å². The first-order valence-corrected chi connectivity index (χ1v) is 18.3. The van der Waals surface area contributed by atoms with E-state index in [0.29, 0.717) is 55.8 Å². The second kappa shape index (κ2) is 15.1. The van der Waals surface area contributed by atoms with Gasteiger partial charge in [0, 0.05) is 55.9 Å². The van der Waals surface area contributed by atoms with Crippen LogP contribution in [0.4, 0.5) is 4.79 Å². The Morgan fingerprint density at radius 1 is 1.18 bits per heavy atom. The standard InChI is InChI=1S/C37H53N7O7/c1-21(42-22(2)45)28(46)19-24(8-7-15-40-35(38)39)34(47)41-20-25-9-5-6-16-44(25)36(48)50-30-13-11-26-27-18-23-10-12-29(49-4)32-31(23)37(26,33(30)51-32)14-17-43(27)3/h10,12-13,21,24-27,33H,5-9,11,14-20H2,1-4H3,(H,41,47)(H,42,45)(H4,38,39,40)/t21-,24+,25+,26-,27+,33-,37-/m0/s1. The Kier molecular flexibility index (Phi) is 10.8. The van der Waals surface area contributed by atoms with Gasteiger partial charge in [-0.25, -0.2) is 4.79 Å². The highest BCUT2D eigenvalue weighted by Crippen LogP contribution is 2.63. The van der Waals surface area contributed by atoms with Crippen LogP contribution >= 0.6 is 0 Å². The lowest BCUT2D eigenvalue weighted by atomic mass is 9.53. The molecule has 0 unspecified atom stereocenters. The summed E-state index contributed by atoms with van der Waals surface area (Å²) in [5.41, 5.74) is 13.1. The fourth-order valence-electron chi connectivity index (χ4n) is 9.22. The number of piperidine rings is 2. The predicted octanol–water partition coefficient (Wildman–Crippen LogP) is 2.12. The van der Waals surface area contributed by atoms with Crippen molar-refractivity contribution in [2.24, 2.45) is 28.3 Å². The van der Waals surface area contributed by atoms with E-state index in [9.17, 15) is 19.2 Å². The summed E-state index contributed by atoms with van der Waals surface area (Å²) in [6.45, 7) is 4.93. The zero-order valence-electron chi connectivity index (χ0n) is 30.2. The number of rotatable bonds is 13. The summed E-state index contributed by atoms with van der Waals surface area (Å²) in [6, 6.07) is 3.52. The molecule has 278 valence electrons. The number of ketones is 1. The van der Waals surface area contributed by atoms with Gasteiger partial charge in [-0.15, -0.1) is 0 Å². The highest BCUT2D eigenvalue weighted by Gasteiger charge is 2.65. The second-order valence-corrected chi connectivity index (χ2v) is 14.8. The summed E-state index contributed by atoms with van der Waals surface area (Å²) in [7, 11) is 3.86.